The van der Waals surface area contributed by atoms with Gasteiger partial charge in [-0.2, -0.15) is 0 Å². The number of amides is 1. The fraction of sp³-hybridized carbons (Fsp3) is 0.650. The van der Waals surface area contributed by atoms with Crippen LogP contribution in [0.3, 0.4) is 0 Å². The lowest BCUT2D eigenvalue weighted by atomic mass is 10.3. The van der Waals surface area contributed by atoms with Gasteiger partial charge in [-0.05, 0) is 42.6 Å². The van der Waals surface area contributed by atoms with Crippen LogP contribution in [0.1, 0.15) is 65.9 Å². The first-order chi connectivity index (χ1) is 11.2. The van der Waals surface area contributed by atoms with Gasteiger partial charge in [0.2, 0.25) is 0 Å². The Morgan fingerprint density at radius 1 is 1.08 bits per heavy atom. The first kappa shape index (κ1) is 20.6. The third-order valence-electron chi connectivity index (χ3n) is 5.28. The summed E-state index contributed by atoms with van der Waals surface area (Å²) in [5.74, 6) is 0.0604. The van der Waals surface area contributed by atoms with Crippen LogP contribution in [0.15, 0.2) is 18.3 Å². The lowest BCUT2D eigenvalue weighted by Crippen LogP contribution is -2.43. The standard InChI is InChI=1S/C20H34N2OSi/c1-9-21(10-2)20(23)19-12-11-13-22(19)14-15-24(16(3)4,17(5)6)18(7)8/h11-13,16-18H,9-10H2,1-8H3. The molecule has 1 aromatic rings. The van der Waals surface area contributed by atoms with Crippen LogP contribution in [0, 0.1) is 11.6 Å². The molecule has 0 N–H and O–H groups in total. The second kappa shape index (κ2) is 8.57. The molecule has 0 aromatic carbocycles. The molecule has 0 radical (unpaired) electrons. The van der Waals surface area contributed by atoms with Crippen molar-refractivity contribution in [2.24, 2.45) is 0 Å². The highest BCUT2D eigenvalue weighted by atomic mass is 28.3. The van der Waals surface area contributed by atoms with Gasteiger partial charge < -0.3 is 4.90 Å². The monoisotopic (exact) mass is 346 g/mol. The van der Waals surface area contributed by atoms with E-state index in [-0.39, 0.29) is 5.91 Å². The summed E-state index contributed by atoms with van der Waals surface area (Å²) >= 11 is 0. The van der Waals surface area contributed by atoms with Gasteiger partial charge >= 0.3 is 0 Å². The van der Waals surface area contributed by atoms with E-state index in [4.69, 9.17) is 0 Å². The third-order valence-corrected chi connectivity index (χ3v) is 11.6. The number of carbonyl (C=O) groups excluding carboxylic acids is 1. The quantitative estimate of drug-likeness (QED) is 0.526. The summed E-state index contributed by atoms with van der Waals surface area (Å²) in [7, 11) is -1.79. The normalized spacial score (nSPS) is 11.8. The fourth-order valence-corrected chi connectivity index (χ4v) is 9.10. The van der Waals surface area contributed by atoms with E-state index in [0.717, 1.165) is 13.1 Å². The summed E-state index contributed by atoms with van der Waals surface area (Å²) in [6.45, 7) is 19.3. The van der Waals surface area contributed by atoms with Crippen LogP contribution < -0.4 is 0 Å². The molecule has 1 heterocycles. The first-order valence-electron chi connectivity index (χ1n) is 9.22. The molecule has 0 aliphatic heterocycles. The summed E-state index contributed by atoms with van der Waals surface area (Å²) in [6, 6.07) is 7.13. The second-order valence-corrected chi connectivity index (χ2v) is 13.0. The Balaban J connectivity index is 3.31. The molecule has 1 rings (SSSR count). The van der Waals surface area contributed by atoms with E-state index >= 15 is 0 Å². The highest BCUT2D eigenvalue weighted by Gasteiger charge is 2.41. The molecule has 0 bridgehead atoms. The maximum absolute atomic E-state index is 12.7. The first-order valence-corrected chi connectivity index (χ1v) is 11.4. The minimum absolute atomic E-state index is 0.0604. The van der Waals surface area contributed by atoms with Crippen LogP contribution in [0.2, 0.25) is 16.6 Å². The van der Waals surface area contributed by atoms with E-state index in [2.05, 4.69) is 53.1 Å². The molecule has 3 nitrogen and oxygen atoms in total. The second-order valence-electron chi connectivity index (χ2n) is 7.37. The van der Waals surface area contributed by atoms with E-state index in [9.17, 15) is 4.79 Å². The Morgan fingerprint density at radius 3 is 2.00 bits per heavy atom. The van der Waals surface area contributed by atoms with Gasteiger partial charge in [0.1, 0.15) is 13.8 Å². The van der Waals surface area contributed by atoms with Gasteiger partial charge in [-0.15, -0.1) is 5.54 Å². The van der Waals surface area contributed by atoms with Crippen molar-refractivity contribution >= 4 is 14.0 Å². The summed E-state index contributed by atoms with van der Waals surface area (Å²) in [5, 5.41) is 0. The predicted molar refractivity (Wildman–Crippen MR) is 106 cm³/mol. The van der Waals surface area contributed by atoms with E-state index in [1.54, 1.807) is 0 Å². The van der Waals surface area contributed by atoms with E-state index in [0.29, 0.717) is 22.3 Å². The van der Waals surface area contributed by atoms with Crippen molar-refractivity contribution in [3.63, 3.8) is 0 Å². The Morgan fingerprint density at radius 2 is 1.58 bits per heavy atom. The van der Waals surface area contributed by atoms with Gasteiger partial charge in [-0.25, -0.2) is 0 Å². The molecule has 0 atom stereocenters. The lowest BCUT2D eigenvalue weighted by molar-refractivity contribution is 0.0765. The SMILES string of the molecule is CCN(CC)C(=O)c1cccn1C#C[Si](C(C)C)(C(C)C)C(C)C. The maximum Gasteiger partial charge on any atom is 0.271 e. The van der Waals surface area contributed by atoms with Crippen molar-refractivity contribution < 1.29 is 4.79 Å². The molecule has 1 amide bonds. The smallest absolute Gasteiger partial charge is 0.271 e. The zero-order chi connectivity index (χ0) is 18.5. The maximum atomic E-state index is 12.7. The summed E-state index contributed by atoms with van der Waals surface area (Å²) in [5.41, 5.74) is 6.11. The Kier molecular flexibility index (Phi) is 7.35. The van der Waals surface area contributed by atoms with Gasteiger partial charge in [0, 0.05) is 25.3 Å². The molecule has 1 aromatic heterocycles. The van der Waals surface area contributed by atoms with Crippen molar-refractivity contribution in [2.75, 3.05) is 13.1 Å². The summed E-state index contributed by atoms with van der Waals surface area (Å²) in [6.07, 6.45) is 1.91. The van der Waals surface area contributed by atoms with E-state index in [1.807, 2.05) is 41.6 Å². The van der Waals surface area contributed by atoms with Gasteiger partial charge in [0.25, 0.3) is 5.91 Å². The van der Waals surface area contributed by atoms with Gasteiger partial charge in [0.15, 0.2) is 0 Å². The minimum Gasteiger partial charge on any atom is -0.338 e. The number of hydrogen-bond donors (Lipinski definition) is 0. The highest BCUT2D eigenvalue weighted by molar-refractivity contribution is 6.90. The molecule has 134 valence electrons. The predicted octanol–water partition coefficient (Wildman–Crippen LogP) is 5.00. The van der Waals surface area contributed by atoms with E-state index in [1.165, 1.54) is 0 Å². The van der Waals surface area contributed by atoms with Crippen LogP contribution in [-0.2, 0) is 0 Å². The number of hydrogen-bond acceptors (Lipinski definition) is 1. The van der Waals surface area contributed by atoms with E-state index < -0.39 is 8.07 Å². The third kappa shape index (κ3) is 3.95. The minimum atomic E-state index is -1.79. The molecule has 0 fully saturated rings. The van der Waals surface area contributed by atoms with Gasteiger partial charge in [0.05, 0.1) is 0 Å². The zero-order valence-electron chi connectivity index (χ0n) is 16.7. The van der Waals surface area contributed by atoms with Crippen molar-refractivity contribution in [1.82, 2.24) is 9.47 Å². The molecule has 0 spiro atoms. The molecule has 0 saturated heterocycles. The molecule has 0 unspecified atom stereocenters. The number of nitrogens with zero attached hydrogens (tertiary/aromatic N) is 2. The molecule has 0 aliphatic carbocycles. The van der Waals surface area contributed by atoms with Crippen molar-refractivity contribution in [2.45, 2.75) is 72.0 Å². The lowest BCUT2D eigenvalue weighted by Gasteiger charge is -2.37. The molecule has 0 aliphatic rings. The number of rotatable bonds is 6. The fourth-order valence-electron chi connectivity index (χ4n) is 3.92. The van der Waals surface area contributed by atoms with Crippen LogP contribution in [-0.4, -0.2) is 36.5 Å². The summed E-state index contributed by atoms with van der Waals surface area (Å²) in [4.78, 5) is 14.5. The molecular formula is C20H34N2OSi. The van der Waals surface area contributed by atoms with Crippen LogP contribution in [0.4, 0.5) is 0 Å². The van der Waals surface area contributed by atoms with Gasteiger partial charge in [-0.3, -0.25) is 9.36 Å². The van der Waals surface area contributed by atoms with Gasteiger partial charge in [-0.1, -0.05) is 41.5 Å². The highest BCUT2D eigenvalue weighted by Crippen LogP contribution is 2.40. The van der Waals surface area contributed by atoms with Crippen molar-refractivity contribution in [3.8, 4) is 11.6 Å². The molecular weight excluding hydrogens is 312 g/mol. The molecule has 0 saturated carbocycles. The average Bonchev–Trinajstić information content (AvgIpc) is 2.96. The van der Waals surface area contributed by atoms with Crippen LogP contribution in [0.5, 0.6) is 0 Å². The Labute approximate surface area is 149 Å². The van der Waals surface area contributed by atoms with Crippen LogP contribution >= 0.6 is 0 Å². The number of carbonyl (C=O) groups is 1. The average molecular weight is 347 g/mol. The topological polar surface area (TPSA) is 25.2 Å². The molecule has 24 heavy (non-hydrogen) atoms. The zero-order valence-corrected chi connectivity index (χ0v) is 17.7. The Bertz CT molecular complexity index is 579. The Hall–Kier alpha value is -1.47. The van der Waals surface area contributed by atoms with Crippen molar-refractivity contribution in [1.29, 1.82) is 0 Å². The van der Waals surface area contributed by atoms with Crippen molar-refractivity contribution in [3.05, 3.63) is 24.0 Å². The summed E-state index contributed by atoms with van der Waals surface area (Å²) < 4.78 is 1.83. The largest absolute Gasteiger partial charge is 0.338 e. The van der Waals surface area contributed by atoms with Crippen LogP contribution in [0.25, 0.3) is 0 Å². The molecule has 4 heteroatoms. The number of aromatic nitrogens is 1.